The lowest BCUT2D eigenvalue weighted by atomic mass is 10.2. The number of carbonyl (C=O) groups is 1. The molecule has 1 aromatic heterocycles. The molecule has 0 saturated carbocycles. The Morgan fingerprint density at radius 1 is 1.21 bits per heavy atom. The van der Waals surface area contributed by atoms with Crippen molar-refractivity contribution in [1.82, 2.24) is 10.1 Å². The highest BCUT2D eigenvalue weighted by atomic mass is 32.2. The van der Waals surface area contributed by atoms with Gasteiger partial charge in [-0.2, -0.15) is 4.98 Å². The zero-order chi connectivity index (χ0) is 19.3. The molecule has 1 saturated heterocycles. The smallest absolute Gasteiger partial charge is 0.256 e. The van der Waals surface area contributed by atoms with Crippen molar-refractivity contribution in [1.29, 1.82) is 0 Å². The number of thioether (sulfide) groups is 3. The van der Waals surface area contributed by atoms with Crippen LogP contribution < -0.4 is 5.32 Å². The Kier molecular flexibility index (Phi) is 6.29. The summed E-state index contributed by atoms with van der Waals surface area (Å²) in [5.74, 6) is 3.95. The fourth-order valence-electron chi connectivity index (χ4n) is 2.83. The van der Waals surface area contributed by atoms with Gasteiger partial charge in [0, 0.05) is 29.0 Å². The predicted molar refractivity (Wildman–Crippen MR) is 117 cm³/mol. The summed E-state index contributed by atoms with van der Waals surface area (Å²) >= 11 is 5.43. The standard InChI is InChI=1S/C20H19N3O2S3/c1-13-21-18(23-25-13)12-28-17-8-3-2-7-16(17)19(24)22-15-6-4-5-14(11-15)20-26-9-10-27-20/h2-8,11,20H,9-10,12H2,1H3,(H,22,24). The minimum Gasteiger partial charge on any atom is -0.340 e. The van der Waals surface area contributed by atoms with Gasteiger partial charge in [-0.25, -0.2) is 0 Å². The molecule has 1 fully saturated rings. The van der Waals surface area contributed by atoms with E-state index in [1.165, 1.54) is 28.8 Å². The number of hydrogen-bond acceptors (Lipinski definition) is 7. The number of carbonyl (C=O) groups excluding carboxylic acids is 1. The lowest BCUT2D eigenvalue weighted by Gasteiger charge is -2.12. The molecule has 0 atom stereocenters. The molecule has 8 heteroatoms. The molecule has 0 spiro atoms. The SMILES string of the molecule is Cc1nc(CSc2ccccc2C(=O)Nc2cccc(C3SCCS3)c2)no1. The first-order chi connectivity index (χ1) is 13.7. The van der Waals surface area contributed by atoms with Crippen LogP contribution in [0.3, 0.4) is 0 Å². The quantitative estimate of drug-likeness (QED) is 0.526. The van der Waals surface area contributed by atoms with E-state index >= 15 is 0 Å². The lowest BCUT2D eigenvalue weighted by Crippen LogP contribution is -2.13. The van der Waals surface area contributed by atoms with E-state index in [2.05, 4.69) is 27.6 Å². The average Bonchev–Trinajstić information content (AvgIpc) is 3.39. The fraction of sp³-hybridized carbons (Fsp3) is 0.250. The van der Waals surface area contributed by atoms with Gasteiger partial charge in [-0.15, -0.1) is 35.3 Å². The number of nitrogens with one attached hydrogen (secondary N) is 1. The van der Waals surface area contributed by atoms with Crippen molar-refractivity contribution in [3.8, 4) is 0 Å². The molecule has 1 amide bonds. The van der Waals surface area contributed by atoms with Crippen LogP contribution in [0, 0.1) is 6.92 Å². The maximum Gasteiger partial charge on any atom is 0.256 e. The Labute approximate surface area is 176 Å². The van der Waals surface area contributed by atoms with Gasteiger partial charge in [0.2, 0.25) is 5.89 Å². The lowest BCUT2D eigenvalue weighted by molar-refractivity contribution is 0.102. The summed E-state index contributed by atoms with van der Waals surface area (Å²) in [4.78, 5) is 18.0. The van der Waals surface area contributed by atoms with E-state index in [1.54, 1.807) is 6.92 Å². The number of aryl methyl sites for hydroxylation is 1. The minimum absolute atomic E-state index is 0.115. The fourth-order valence-corrected chi connectivity index (χ4v) is 6.57. The van der Waals surface area contributed by atoms with Gasteiger partial charge in [-0.3, -0.25) is 4.79 Å². The maximum atomic E-state index is 12.9. The van der Waals surface area contributed by atoms with E-state index in [4.69, 9.17) is 4.52 Å². The number of amides is 1. The van der Waals surface area contributed by atoms with Crippen LogP contribution in [0.2, 0.25) is 0 Å². The van der Waals surface area contributed by atoms with Crippen LogP contribution >= 0.6 is 35.3 Å². The maximum absolute atomic E-state index is 12.9. The summed E-state index contributed by atoms with van der Waals surface area (Å²) in [6.45, 7) is 1.76. The number of anilines is 1. The van der Waals surface area contributed by atoms with Gasteiger partial charge in [0.1, 0.15) is 0 Å². The van der Waals surface area contributed by atoms with Gasteiger partial charge in [-0.05, 0) is 29.8 Å². The van der Waals surface area contributed by atoms with Crippen molar-refractivity contribution in [3.05, 3.63) is 71.4 Å². The highest BCUT2D eigenvalue weighted by molar-refractivity contribution is 8.19. The highest BCUT2D eigenvalue weighted by Gasteiger charge is 2.19. The van der Waals surface area contributed by atoms with Crippen LogP contribution in [0.4, 0.5) is 5.69 Å². The van der Waals surface area contributed by atoms with Crippen molar-refractivity contribution in [2.75, 3.05) is 16.8 Å². The average molecular weight is 430 g/mol. The summed E-state index contributed by atoms with van der Waals surface area (Å²) in [5, 5.41) is 6.95. The van der Waals surface area contributed by atoms with Crippen molar-refractivity contribution >= 4 is 46.9 Å². The number of rotatable bonds is 6. The molecule has 28 heavy (non-hydrogen) atoms. The van der Waals surface area contributed by atoms with E-state index in [1.807, 2.05) is 59.9 Å². The van der Waals surface area contributed by atoms with E-state index in [9.17, 15) is 4.79 Å². The number of hydrogen-bond donors (Lipinski definition) is 1. The molecule has 1 aliphatic rings. The van der Waals surface area contributed by atoms with Crippen LogP contribution in [0.15, 0.2) is 57.9 Å². The van der Waals surface area contributed by atoms with Gasteiger partial charge in [0.05, 0.1) is 15.9 Å². The molecule has 1 N–H and O–H groups in total. The topological polar surface area (TPSA) is 68.0 Å². The molecule has 2 aromatic carbocycles. The summed E-state index contributed by atoms with van der Waals surface area (Å²) < 4.78 is 5.46. The molecular weight excluding hydrogens is 410 g/mol. The van der Waals surface area contributed by atoms with Crippen LogP contribution in [-0.2, 0) is 5.75 Å². The number of nitrogens with zero attached hydrogens (tertiary/aromatic N) is 2. The van der Waals surface area contributed by atoms with Crippen molar-refractivity contribution < 1.29 is 9.32 Å². The largest absolute Gasteiger partial charge is 0.340 e. The molecule has 3 aromatic rings. The predicted octanol–water partition coefficient (Wildman–Crippen LogP) is 5.40. The summed E-state index contributed by atoms with van der Waals surface area (Å²) in [5.41, 5.74) is 2.72. The third-order valence-electron chi connectivity index (χ3n) is 4.10. The van der Waals surface area contributed by atoms with E-state index in [0.717, 1.165) is 10.6 Å². The van der Waals surface area contributed by atoms with Gasteiger partial charge in [0.15, 0.2) is 5.82 Å². The first-order valence-electron chi connectivity index (χ1n) is 8.84. The second-order valence-corrected chi connectivity index (χ2v) is 9.91. The normalized spacial score (nSPS) is 14.3. The van der Waals surface area contributed by atoms with Crippen molar-refractivity contribution in [3.63, 3.8) is 0 Å². The minimum atomic E-state index is -0.115. The Hall–Kier alpha value is -1.90. The van der Waals surface area contributed by atoms with Gasteiger partial charge < -0.3 is 9.84 Å². The molecule has 0 bridgehead atoms. The Morgan fingerprint density at radius 3 is 2.82 bits per heavy atom. The molecule has 4 rings (SSSR count). The molecule has 0 radical (unpaired) electrons. The Bertz CT molecular complexity index is 971. The van der Waals surface area contributed by atoms with Crippen LogP contribution in [-0.4, -0.2) is 27.6 Å². The molecular formula is C20H19N3O2S3. The summed E-state index contributed by atoms with van der Waals surface area (Å²) in [6.07, 6.45) is 0. The van der Waals surface area contributed by atoms with E-state index in [0.29, 0.717) is 27.6 Å². The zero-order valence-corrected chi connectivity index (χ0v) is 17.7. The van der Waals surface area contributed by atoms with Gasteiger partial charge in [-0.1, -0.05) is 29.4 Å². The summed E-state index contributed by atoms with van der Waals surface area (Å²) in [6, 6.07) is 15.7. The number of aromatic nitrogens is 2. The summed E-state index contributed by atoms with van der Waals surface area (Å²) in [7, 11) is 0. The van der Waals surface area contributed by atoms with Gasteiger partial charge >= 0.3 is 0 Å². The van der Waals surface area contributed by atoms with Crippen molar-refractivity contribution in [2.45, 2.75) is 22.2 Å². The molecule has 5 nitrogen and oxygen atoms in total. The third kappa shape index (κ3) is 4.74. The monoisotopic (exact) mass is 429 g/mol. The van der Waals surface area contributed by atoms with E-state index in [-0.39, 0.29) is 5.91 Å². The van der Waals surface area contributed by atoms with Crippen LogP contribution in [0.5, 0.6) is 0 Å². The third-order valence-corrected chi connectivity index (χ3v) is 8.27. The first-order valence-corrected chi connectivity index (χ1v) is 11.9. The van der Waals surface area contributed by atoms with E-state index < -0.39 is 0 Å². The Morgan fingerprint density at radius 2 is 2.04 bits per heavy atom. The van der Waals surface area contributed by atoms with Crippen LogP contribution in [0.1, 0.15) is 32.2 Å². The molecule has 0 unspecified atom stereocenters. The molecule has 0 aliphatic carbocycles. The molecule has 144 valence electrons. The van der Waals surface area contributed by atoms with Gasteiger partial charge in [0.25, 0.3) is 5.91 Å². The second kappa shape index (κ2) is 9.07. The zero-order valence-electron chi connectivity index (χ0n) is 15.3. The van der Waals surface area contributed by atoms with Crippen molar-refractivity contribution in [2.24, 2.45) is 0 Å². The molecule has 2 heterocycles. The Balaban J connectivity index is 1.47. The first kappa shape index (κ1) is 19.4. The second-order valence-electron chi connectivity index (χ2n) is 6.17. The van der Waals surface area contributed by atoms with Crippen LogP contribution in [0.25, 0.3) is 0 Å². The molecule has 1 aliphatic heterocycles. The number of benzene rings is 2. The highest BCUT2D eigenvalue weighted by Crippen LogP contribution is 2.45.